The fraction of sp³-hybridized carbons (Fsp3) is 0.222. The number of methoxy groups -OCH3 is 1. The summed E-state index contributed by atoms with van der Waals surface area (Å²) in [7, 11) is 1.26. The number of esters is 1. The number of para-hydroxylation sites is 2. The van der Waals surface area contributed by atoms with Crippen LogP contribution >= 0.6 is 0 Å². The van der Waals surface area contributed by atoms with Gasteiger partial charge in [-0.05, 0) is 36.4 Å². The third-order valence-electron chi connectivity index (χ3n) is 3.71. The Hall–Kier alpha value is -3.09. The van der Waals surface area contributed by atoms with Crippen LogP contribution in [-0.2, 0) is 14.3 Å². The molecule has 2 aromatic rings. The summed E-state index contributed by atoms with van der Waals surface area (Å²) in [4.78, 5) is 25.8. The Balaban J connectivity index is 1.75. The number of hydrogen-bond acceptors (Lipinski definition) is 5. The van der Waals surface area contributed by atoms with Gasteiger partial charge >= 0.3 is 5.97 Å². The van der Waals surface area contributed by atoms with E-state index in [0.717, 1.165) is 0 Å². The topological polar surface area (TPSA) is 65.1 Å². The second-order valence-corrected chi connectivity index (χ2v) is 5.34. The Morgan fingerprint density at radius 3 is 2.64 bits per heavy atom. The molecule has 0 saturated heterocycles. The van der Waals surface area contributed by atoms with Crippen LogP contribution in [0.5, 0.6) is 11.5 Å². The summed E-state index contributed by atoms with van der Waals surface area (Å²) in [5.74, 6) is -0.512. The van der Waals surface area contributed by atoms with Gasteiger partial charge < -0.3 is 19.1 Å². The Bertz CT molecular complexity index is 777. The second-order valence-electron chi connectivity index (χ2n) is 5.34. The first-order chi connectivity index (χ1) is 12.1. The molecular formula is C18H16FNO5. The molecule has 0 bridgehead atoms. The summed E-state index contributed by atoms with van der Waals surface area (Å²) >= 11 is 0. The van der Waals surface area contributed by atoms with Crippen LogP contribution < -0.4 is 14.4 Å². The third-order valence-corrected chi connectivity index (χ3v) is 3.71. The summed E-state index contributed by atoms with van der Waals surface area (Å²) in [6, 6.07) is 12.3. The highest BCUT2D eigenvalue weighted by atomic mass is 19.1. The van der Waals surface area contributed by atoms with E-state index in [2.05, 4.69) is 0 Å². The average Bonchev–Trinajstić information content (AvgIpc) is 2.65. The number of carbonyl (C=O) groups excluding carboxylic acids is 2. The molecule has 1 aliphatic heterocycles. The first-order valence-electron chi connectivity index (χ1n) is 7.60. The van der Waals surface area contributed by atoms with Gasteiger partial charge in [0.15, 0.2) is 6.61 Å². The second kappa shape index (κ2) is 7.21. The molecule has 2 aromatic carbocycles. The molecular weight excluding hydrogens is 329 g/mol. The van der Waals surface area contributed by atoms with Gasteiger partial charge in [0.25, 0.3) is 5.91 Å². The predicted molar refractivity (Wildman–Crippen MR) is 87.1 cm³/mol. The Morgan fingerprint density at radius 1 is 1.20 bits per heavy atom. The molecule has 0 N–H and O–H groups in total. The molecule has 3 rings (SSSR count). The molecule has 1 heterocycles. The molecule has 0 fully saturated rings. The average molecular weight is 345 g/mol. The maximum Gasteiger partial charge on any atom is 0.348 e. The van der Waals surface area contributed by atoms with Crippen LogP contribution in [0, 0.1) is 5.82 Å². The molecule has 25 heavy (non-hydrogen) atoms. The van der Waals surface area contributed by atoms with Crippen LogP contribution in [0.4, 0.5) is 10.1 Å². The van der Waals surface area contributed by atoms with E-state index >= 15 is 0 Å². The fourth-order valence-corrected chi connectivity index (χ4v) is 2.48. The molecule has 0 spiro atoms. The molecule has 1 atom stereocenters. The first kappa shape index (κ1) is 16.8. The maximum absolute atomic E-state index is 12.9. The van der Waals surface area contributed by atoms with Crippen molar-refractivity contribution in [1.82, 2.24) is 0 Å². The number of hydrogen-bond donors (Lipinski definition) is 0. The van der Waals surface area contributed by atoms with Gasteiger partial charge in [-0.2, -0.15) is 0 Å². The van der Waals surface area contributed by atoms with E-state index in [4.69, 9.17) is 14.2 Å². The zero-order valence-electron chi connectivity index (χ0n) is 13.5. The van der Waals surface area contributed by atoms with Gasteiger partial charge in [-0.15, -0.1) is 0 Å². The van der Waals surface area contributed by atoms with Gasteiger partial charge in [0.2, 0.25) is 6.10 Å². The lowest BCUT2D eigenvalue weighted by Crippen LogP contribution is -2.48. The van der Waals surface area contributed by atoms with Crippen molar-refractivity contribution in [2.75, 3.05) is 25.2 Å². The van der Waals surface area contributed by atoms with E-state index in [1.165, 1.54) is 36.3 Å². The molecule has 1 amide bonds. The summed E-state index contributed by atoms with van der Waals surface area (Å²) in [5.41, 5.74) is 0.551. The van der Waals surface area contributed by atoms with Gasteiger partial charge in [-0.25, -0.2) is 9.18 Å². The highest BCUT2D eigenvalue weighted by Gasteiger charge is 2.34. The van der Waals surface area contributed by atoms with Gasteiger partial charge in [-0.3, -0.25) is 4.79 Å². The third kappa shape index (κ3) is 3.71. The number of halogens is 1. The lowest BCUT2D eigenvalue weighted by atomic mass is 10.2. The van der Waals surface area contributed by atoms with Gasteiger partial charge in [0, 0.05) is 0 Å². The molecule has 0 radical (unpaired) electrons. The Kier molecular flexibility index (Phi) is 4.83. The Morgan fingerprint density at radius 2 is 1.92 bits per heavy atom. The highest BCUT2D eigenvalue weighted by molar-refractivity contribution is 5.97. The van der Waals surface area contributed by atoms with E-state index in [9.17, 15) is 14.0 Å². The lowest BCUT2D eigenvalue weighted by molar-refractivity contribution is -0.148. The zero-order valence-corrected chi connectivity index (χ0v) is 13.5. The zero-order chi connectivity index (χ0) is 17.8. The van der Waals surface area contributed by atoms with Crippen LogP contribution in [0.2, 0.25) is 0 Å². The molecule has 0 aliphatic carbocycles. The van der Waals surface area contributed by atoms with E-state index in [1.807, 2.05) is 0 Å². The number of rotatable bonds is 4. The number of anilines is 1. The van der Waals surface area contributed by atoms with Crippen LogP contribution in [0.3, 0.4) is 0 Å². The quantitative estimate of drug-likeness (QED) is 0.795. The number of amides is 1. The largest absolute Gasteiger partial charge is 0.484 e. The normalized spacial score (nSPS) is 15.8. The number of ether oxygens (including phenoxy) is 3. The number of fused-ring (bicyclic) bond motifs is 1. The van der Waals surface area contributed by atoms with E-state index in [1.54, 1.807) is 24.3 Å². The van der Waals surface area contributed by atoms with Crippen molar-refractivity contribution >= 4 is 17.6 Å². The Labute approximate surface area is 143 Å². The fourth-order valence-electron chi connectivity index (χ4n) is 2.48. The van der Waals surface area contributed by atoms with Gasteiger partial charge in [0.05, 0.1) is 19.3 Å². The smallest absolute Gasteiger partial charge is 0.348 e. The molecule has 0 saturated carbocycles. The summed E-state index contributed by atoms with van der Waals surface area (Å²) in [5, 5.41) is 0. The van der Waals surface area contributed by atoms with Crippen molar-refractivity contribution in [3.05, 3.63) is 54.3 Å². The van der Waals surface area contributed by atoms with Crippen LogP contribution in [0.1, 0.15) is 0 Å². The standard InChI is InChI=1S/C18H16FNO5/c1-23-18(22)16-10-20(14-4-2-3-5-15(14)25-16)17(21)11-24-13-8-6-12(19)7-9-13/h2-9,16H,10-11H2,1H3. The minimum atomic E-state index is -0.908. The van der Waals surface area contributed by atoms with E-state index < -0.39 is 12.1 Å². The summed E-state index contributed by atoms with van der Waals surface area (Å²) in [6.07, 6.45) is -0.908. The van der Waals surface area contributed by atoms with Crippen molar-refractivity contribution in [2.24, 2.45) is 0 Å². The molecule has 1 aliphatic rings. The molecule has 6 nitrogen and oxygen atoms in total. The van der Waals surface area contributed by atoms with E-state index in [-0.39, 0.29) is 24.9 Å². The van der Waals surface area contributed by atoms with Crippen molar-refractivity contribution in [3.8, 4) is 11.5 Å². The number of nitrogens with zero attached hydrogens (tertiary/aromatic N) is 1. The minimum Gasteiger partial charge on any atom is -0.484 e. The van der Waals surface area contributed by atoms with Gasteiger partial charge in [-0.1, -0.05) is 12.1 Å². The minimum absolute atomic E-state index is 0.0231. The molecule has 7 heteroatoms. The summed E-state index contributed by atoms with van der Waals surface area (Å²) < 4.78 is 28.6. The SMILES string of the molecule is COC(=O)C1CN(C(=O)COc2ccc(F)cc2)c2ccccc2O1. The van der Waals surface area contributed by atoms with Crippen LogP contribution in [0.25, 0.3) is 0 Å². The molecule has 1 unspecified atom stereocenters. The number of benzene rings is 2. The molecule has 130 valence electrons. The summed E-state index contributed by atoms with van der Waals surface area (Å²) in [6.45, 7) is -0.233. The van der Waals surface area contributed by atoms with Crippen LogP contribution in [0.15, 0.2) is 48.5 Å². The van der Waals surface area contributed by atoms with Crippen molar-refractivity contribution in [3.63, 3.8) is 0 Å². The first-order valence-corrected chi connectivity index (χ1v) is 7.60. The molecule has 0 aromatic heterocycles. The maximum atomic E-state index is 12.9. The van der Waals surface area contributed by atoms with E-state index in [0.29, 0.717) is 17.2 Å². The monoisotopic (exact) mass is 345 g/mol. The highest BCUT2D eigenvalue weighted by Crippen LogP contribution is 2.33. The van der Waals surface area contributed by atoms with Crippen molar-refractivity contribution in [1.29, 1.82) is 0 Å². The van der Waals surface area contributed by atoms with Crippen LogP contribution in [-0.4, -0.2) is 38.2 Å². The number of carbonyl (C=O) groups is 2. The lowest BCUT2D eigenvalue weighted by Gasteiger charge is -2.33. The predicted octanol–water partition coefficient (Wildman–Crippen LogP) is 2.17. The van der Waals surface area contributed by atoms with Crippen molar-refractivity contribution in [2.45, 2.75) is 6.10 Å². The van der Waals surface area contributed by atoms with Gasteiger partial charge in [0.1, 0.15) is 17.3 Å². The van der Waals surface area contributed by atoms with Crippen molar-refractivity contribution < 1.29 is 28.2 Å².